The van der Waals surface area contributed by atoms with Crippen molar-refractivity contribution in [3.8, 4) is 11.5 Å². The number of carbonyl (C=O) groups excluding carboxylic acids is 1. The molecule has 25 heavy (non-hydrogen) atoms. The first-order chi connectivity index (χ1) is 12.0. The third-order valence-electron chi connectivity index (χ3n) is 3.68. The topological polar surface area (TPSA) is 35.5 Å². The van der Waals surface area contributed by atoms with Crippen LogP contribution in [0.15, 0.2) is 40.9 Å². The third-order valence-corrected chi connectivity index (χ3v) is 4.42. The molecule has 0 spiro atoms. The summed E-state index contributed by atoms with van der Waals surface area (Å²) in [5, 5.41) is 0. The van der Waals surface area contributed by atoms with E-state index >= 15 is 0 Å². The number of halogens is 3. The van der Waals surface area contributed by atoms with Crippen molar-refractivity contribution in [1.29, 1.82) is 0 Å². The molecule has 0 radical (unpaired) electrons. The maximum atomic E-state index is 13.3. The summed E-state index contributed by atoms with van der Waals surface area (Å²) in [7, 11) is 0. The van der Waals surface area contributed by atoms with Crippen molar-refractivity contribution in [1.82, 2.24) is 0 Å². The van der Waals surface area contributed by atoms with Gasteiger partial charge < -0.3 is 9.47 Å². The maximum absolute atomic E-state index is 13.3. The molecule has 0 bridgehead atoms. The van der Waals surface area contributed by atoms with E-state index in [2.05, 4.69) is 15.9 Å². The lowest BCUT2D eigenvalue weighted by atomic mass is 10.1. The molecule has 0 aliphatic carbocycles. The molecule has 134 valence electrons. The van der Waals surface area contributed by atoms with E-state index in [0.29, 0.717) is 22.2 Å². The van der Waals surface area contributed by atoms with Gasteiger partial charge in [0.1, 0.15) is 18.1 Å². The maximum Gasteiger partial charge on any atom is 0.310 e. The molecule has 0 fully saturated rings. The molecule has 0 aliphatic heterocycles. The van der Waals surface area contributed by atoms with Gasteiger partial charge in [-0.15, -0.1) is 0 Å². The molecule has 2 aromatic rings. The second-order valence-corrected chi connectivity index (χ2v) is 6.21. The van der Waals surface area contributed by atoms with Crippen LogP contribution in [0.4, 0.5) is 8.78 Å². The minimum absolute atomic E-state index is 0.00105. The van der Waals surface area contributed by atoms with E-state index in [4.69, 9.17) is 9.47 Å². The number of hydrogen-bond acceptors (Lipinski definition) is 3. The zero-order valence-corrected chi connectivity index (χ0v) is 15.6. The molecule has 3 nitrogen and oxygen atoms in total. The van der Waals surface area contributed by atoms with Crippen LogP contribution in [0.1, 0.15) is 43.4 Å². The van der Waals surface area contributed by atoms with Crippen LogP contribution in [0.3, 0.4) is 0 Å². The molecular weight excluding hydrogens is 394 g/mol. The van der Waals surface area contributed by atoms with Gasteiger partial charge in [0.15, 0.2) is 0 Å². The molecule has 0 amide bonds. The number of rotatable bonds is 7. The lowest BCUT2D eigenvalue weighted by molar-refractivity contribution is -0.134. The summed E-state index contributed by atoms with van der Waals surface area (Å²) in [6.45, 7) is 3.60. The zero-order valence-electron chi connectivity index (χ0n) is 14.0. The van der Waals surface area contributed by atoms with Crippen LogP contribution in [-0.4, -0.2) is 5.97 Å². The lowest BCUT2D eigenvalue weighted by Gasteiger charge is -2.15. The fraction of sp³-hybridized carbons (Fsp3) is 0.316. The molecule has 0 saturated carbocycles. The van der Waals surface area contributed by atoms with Gasteiger partial charge in [-0.3, -0.25) is 4.79 Å². The van der Waals surface area contributed by atoms with Gasteiger partial charge in [-0.2, -0.15) is 0 Å². The number of ether oxygens (including phenoxy) is 2. The second kappa shape index (κ2) is 8.94. The smallest absolute Gasteiger partial charge is 0.310 e. The molecule has 2 aromatic carbocycles. The standard InChI is InChI=1S/C19H19BrF2O3/c1-3-12-8-9-16(13(10-12)19(21)22)24-11-14-15(20)6-5-7-17(14)25-18(23)4-2/h5-10,19H,3-4,11H2,1-2H3. The monoisotopic (exact) mass is 412 g/mol. The first kappa shape index (κ1) is 19.4. The Kier molecular flexibility index (Phi) is 6.93. The molecule has 0 heterocycles. The predicted octanol–water partition coefficient (Wildman–Crippen LogP) is 5.84. The third kappa shape index (κ3) is 5.01. The Morgan fingerprint density at radius 3 is 2.56 bits per heavy atom. The van der Waals surface area contributed by atoms with Gasteiger partial charge in [0.2, 0.25) is 0 Å². The summed E-state index contributed by atoms with van der Waals surface area (Å²) in [5.74, 6) is 0.0978. The number of hydrogen-bond donors (Lipinski definition) is 0. The van der Waals surface area contributed by atoms with Crippen LogP contribution in [-0.2, 0) is 17.8 Å². The van der Waals surface area contributed by atoms with Crippen LogP contribution in [0.25, 0.3) is 0 Å². The zero-order chi connectivity index (χ0) is 18.4. The number of benzene rings is 2. The Morgan fingerprint density at radius 2 is 1.92 bits per heavy atom. The van der Waals surface area contributed by atoms with E-state index in [1.807, 2.05) is 6.92 Å². The largest absolute Gasteiger partial charge is 0.488 e. The Labute approximate surface area is 154 Å². The summed E-state index contributed by atoms with van der Waals surface area (Å²) >= 11 is 3.38. The van der Waals surface area contributed by atoms with Crippen molar-refractivity contribution in [2.45, 2.75) is 39.7 Å². The highest BCUT2D eigenvalue weighted by atomic mass is 79.9. The SMILES string of the molecule is CCC(=O)Oc1cccc(Br)c1COc1ccc(CC)cc1C(F)F. The van der Waals surface area contributed by atoms with E-state index in [0.717, 1.165) is 5.56 Å². The number of alkyl halides is 2. The molecule has 0 aliphatic rings. The summed E-state index contributed by atoms with van der Waals surface area (Å²) in [5.41, 5.74) is 1.27. The molecule has 6 heteroatoms. The van der Waals surface area contributed by atoms with Crippen molar-refractivity contribution in [3.05, 3.63) is 57.6 Å². The fourth-order valence-electron chi connectivity index (χ4n) is 2.24. The number of aryl methyl sites for hydroxylation is 1. The quantitative estimate of drug-likeness (QED) is 0.422. The molecule has 0 saturated heterocycles. The highest BCUT2D eigenvalue weighted by molar-refractivity contribution is 9.10. The van der Waals surface area contributed by atoms with E-state index in [1.165, 1.54) is 6.07 Å². The summed E-state index contributed by atoms with van der Waals surface area (Å²) in [6.07, 6.45) is -1.72. The summed E-state index contributed by atoms with van der Waals surface area (Å²) in [4.78, 5) is 11.6. The lowest BCUT2D eigenvalue weighted by Crippen LogP contribution is -2.09. The first-order valence-corrected chi connectivity index (χ1v) is 8.77. The fourth-order valence-corrected chi connectivity index (χ4v) is 2.70. The highest BCUT2D eigenvalue weighted by Gasteiger charge is 2.17. The van der Waals surface area contributed by atoms with Crippen molar-refractivity contribution in [2.24, 2.45) is 0 Å². The average Bonchev–Trinajstić information content (AvgIpc) is 2.60. The summed E-state index contributed by atoms with van der Waals surface area (Å²) < 4.78 is 38.2. The van der Waals surface area contributed by atoms with E-state index in [-0.39, 0.29) is 30.3 Å². The Bertz CT molecular complexity index is 747. The van der Waals surface area contributed by atoms with Crippen molar-refractivity contribution < 1.29 is 23.0 Å². The van der Waals surface area contributed by atoms with E-state index in [9.17, 15) is 13.6 Å². The van der Waals surface area contributed by atoms with Crippen molar-refractivity contribution in [2.75, 3.05) is 0 Å². The molecule has 2 rings (SSSR count). The van der Waals surface area contributed by atoms with Gasteiger partial charge in [0.25, 0.3) is 6.43 Å². The van der Waals surface area contributed by atoms with Gasteiger partial charge in [-0.25, -0.2) is 8.78 Å². The van der Waals surface area contributed by atoms with Crippen LogP contribution in [0, 0.1) is 0 Å². The number of esters is 1. The van der Waals surface area contributed by atoms with E-state index in [1.54, 1.807) is 37.3 Å². The van der Waals surface area contributed by atoms with Crippen LogP contribution < -0.4 is 9.47 Å². The Balaban J connectivity index is 2.26. The molecule has 0 N–H and O–H groups in total. The minimum Gasteiger partial charge on any atom is -0.488 e. The molecule has 0 unspecified atom stereocenters. The van der Waals surface area contributed by atoms with Gasteiger partial charge in [-0.05, 0) is 36.2 Å². The number of carbonyl (C=O) groups is 1. The summed E-state index contributed by atoms with van der Waals surface area (Å²) in [6, 6.07) is 9.92. The average molecular weight is 413 g/mol. The second-order valence-electron chi connectivity index (χ2n) is 5.36. The van der Waals surface area contributed by atoms with Gasteiger partial charge >= 0.3 is 5.97 Å². The highest BCUT2D eigenvalue weighted by Crippen LogP contribution is 2.33. The first-order valence-electron chi connectivity index (χ1n) is 7.98. The molecule has 0 atom stereocenters. The van der Waals surface area contributed by atoms with Gasteiger partial charge in [-0.1, -0.05) is 41.9 Å². The Hall–Kier alpha value is -1.95. The van der Waals surface area contributed by atoms with Crippen LogP contribution in [0.2, 0.25) is 0 Å². The van der Waals surface area contributed by atoms with Crippen molar-refractivity contribution >= 4 is 21.9 Å². The van der Waals surface area contributed by atoms with Crippen LogP contribution in [0.5, 0.6) is 11.5 Å². The van der Waals surface area contributed by atoms with Gasteiger partial charge in [0, 0.05) is 16.5 Å². The molecule has 0 aromatic heterocycles. The van der Waals surface area contributed by atoms with Gasteiger partial charge in [0.05, 0.1) is 5.56 Å². The Morgan fingerprint density at radius 1 is 1.16 bits per heavy atom. The predicted molar refractivity (Wildman–Crippen MR) is 95.2 cm³/mol. The van der Waals surface area contributed by atoms with Crippen LogP contribution >= 0.6 is 15.9 Å². The van der Waals surface area contributed by atoms with E-state index < -0.39 is 6.43 Å². The normalized spacial score (nSPS) is 10.8. The van der Waals surface area contributed by atoms with Crippen molar-refractivity contribution in [3.63, 3.8) is 0 Å². The minimum atomic E-state index is -2.63. The molecular formula is C19H19BrF2O3.